The molecule has 1 aromatic carbocycles. The van der Waals surface area contributed by atoms with Gasteiger partial charge in [-0.05, 0) is 49.0 Å². The summed E-state index contributed by atoms with van der Waals surface area (Å²) in [5.41, 5.74) is 1.91. The molecule has 1 aliphatic rings. The SMILES string of the molecule is Cl.N#Cc1ccc2ccn(CC3CCNC3)c2c1. The molecule has 2 aromatic rings. The van der Waals surface area contributed by atoms with Gasteiger partial charge in [0, 0.05) is 18.3 Å². The Kier molecular flexibility index (Phi) is 3.90. The normalized spacial score (nSPS) is 18.5. The van der Waals surface area contributed by atoms with Gasteiger partial charge >= 0.3 is 0 Å². The molecule has 1 fully saturated rings. The maximum atomic E-state index is 8.94. The molecular weight excluding hydrogens is 246 g/mol. The largest absolute Gasteiger partial charge is 0.347 e. The molecule has 0 radical (unpaired) electrons. The minimum atomic E-state index is 0. The van der Waals surface area contributed by atoms with Crippen LogP contribution in [0.2, 0.25) is 0 Å². The van der Waals surface area contributed by atoms with Gasteiger partial charge < -0.3 is 9.88 Å². The summed E-state index contributed by atoms with van der Waals surface area (Å²) in [6.07, 6.45) is 3.38. The van der Waals surface area contributed by atoms with Crippen molar-refractivity contribution in [2.45, 2.75) is 13.0 Å². The van der Waals surface area contributed by atoms with Gasteiger partial charge in [0.05, 0.1) is 11.6 Å². The fourth-order valence-corrected chi connectivity index (χ4v) is 2.56. The van der Waals surface area contributed by atoms with Crippen LogP contribution in [0.3, 0.4) is 0 Å². The molecule has 2 heterocycles. The minimum absolute atomic E-state index is 0. The minimum Gasteiger partial charge on any atom is -0.347 e. The van der Waals surface area contributed by atoms with Crippen LogP contribution in [0.1, 0.15) is 12.0 Å². The van der Waals surface area contributed by atoms with Crippen LogP contribution in [0.5, 0.6) is 0 Å². The van der Waals surface area contributed by atoms with E-state index in [4.69, 9.17) is 5.26 Å². The van der Waals surface area contributed by atoms with Crippen LogP contribution in [0.4, 0.5) is 0 Å². The second-order valence-corrected chi connectivity index (χ2v) is 4.71. The van der Waals surface area contributed by atoms with E-state index in [0.717, 1.165) is 31.1 Å². The molecule has 1 aromatic heterocycles. The van der Waals surface area contributed by atoms with Crippen LogP contribution in [0, 0.1) is 17.2 Å². The summed E-state index contributed by atoms with van der Waals surface area (Å²) in [6.45, 7) is 3.29. The van der Waals surface area contributed by atoms with E-state index in [2.05, 4.69) is 28.2 Å². The van der Waals surface area contributed by atoms with E-state index < -0.39 is 0 Å². The Morgan fingerprint density at radius 1 is 1.39 bits per heavy atom. The van der Waals surface area contributed by atoms with Crippen LogP contribution in [0.15, 0.2) is 30.5 Å². The van der Waals surface area contributed by atoms with Crippen LogP contribution >= 0.6 is 12.4 Å². The lowest BCUT2D eigenvalue weighted by atomic mass is 10.1. The van der Waals surface area contributed by atoms with Crippen molar-refractivity contribution in [2.75, 3.05) is 13.1 Å². The molecule has 0 saturated carbocycles. The third-order valence-electron chi connectivity index (χ3n) is 3.52. The Bertz CT molecular complexity index is 576. The van der Waals surface area contributed by atoms with Gasteiger partial charge in [0.15, 0.2) is 0 Å². The number of aromatic nitrogens is 1. The van der Waals surface area contributed by atoms with E-state index in [1.165, 1.54) is 17.3 Å². The summed E-state index contributed by atoms with van der Waals surface area (Å²) in [5.74, 6) is 0.719. The number of halogens is 1. The summed E-state index contributed by atoms with van der Waals surface area (Å²) >= 11 is 0. The molecule has 0 amide bonds. The number of fused-ring (bicyclic) bond motifs is 1. The molecule has 1 atom stereocenters. The van der Waals surface area contributed by atoms with Gasteiger partial charge in [-0.1, -0.05) is 6.07 Å². The van der Waals surface area contributed by atoms with Gasteiger partial charge in [-0.15, -0.1) is 12.4 Å². The van der Waals surface area contributed by atoms with E-state index in [1.54, 1.807) is 0 Å². The monoisotopic (exact) mass is 261 g/mol. The highest BCUT2D eigenvalue weighted by Crippen LogP contribution is 2.20. The van der Waals surface area contributed by atoms with Gasteiger partial charge in [0.1, 0.15) is 0 Å². The third kappa shape index (κ3) is 2.35. The topological polar surface area (TPSA) is 40.8 Å². The first-order valence-corrected chi connectivity index (χ1v) is 6.06. The zero-order valence-electron chi connectivity index (χ0n) is 10.1. The second kappa shape index (κ2) is 5.43. The van der Waals surface area contributed by atoms with Crippen molar-refractivity contribution in [1.82, 2.24) is 9.88 Å². The first-order valence-electron chi connectivity index (χ1n) is 6.06. The number of nitriles is 1. The Hall–Kier alpha value is -1.50. The van der Waals surface area contributed by atoms with Crippen molar-refractivity contribution in [1.29, 1.82) is 5.26 Å². The molecular formula is C14H16ClN3. The molecule has 1 saturated heterocycles. The second-order valence-electron chi connectivity index (χ2n) is 4.71. The van der Waals surface area contributed by atoms with Crippen molar-refractivity contribution >= 4 is 23.3 Å². The van der Waals surface area contributed by atoms with Gasteiger partial charge in [-0.3, -0.25) is 0 Å². The van der Waals surface area contributed by atoms with Crippen molar-refractivity contribution < 1.29 is 0 Å². The smallest absolute Gasteiger partial charge is 0.0992 e. The predicted octanol–water partition coefficient (Wildman–Crippen LogP) is 2.54. The molecule has 1 unspecified atom stereocenters. The van der Waals surface area contributed by atoms with Gasteiger partial charge in [0.2, 0.25) is 0 Å². The maximum absolute atomic E-state index is 8.94. The van der Waals surface area contributed by atoms with Crippen molar-refractivity contribution in [3.05, 3.63) is 36.0 Å². The zero-order chi connectivity index (χ0) is 11.7. The molecule has 0 bridgehead atoms. The summed E-state index contributed by atoms with van der Waals surface area (Å²) in [4.78, 5) is 0. The summed E-state index contributed by atoms with van der Waals surface area (Å²) in [6, 6.07) is 10.2. The van der Waals surface area contributed by atoms with E-state index >= 15 is 0 Å². The fourth-order valence-electron chi connectivity index (χ4n) is 2.56. The number of hydrogen-bond donors (Lipinski definition) is 1. The first-order chi connectivity index (χ1) is 8.36. The number of nitrogens with zero attached hydrogens (tertiary/aromatic N) is 2. The number of nitrogens with one attached hydrogen (secondary N) is 1. The van der Waals surface area contributed by atoms with E-state index in [-0.39, 0.29) is 12.4 Å². The summed E-state index contributed by atoms with van der Waals surface area (Å²) in [7, 11) is 0. The lowest BCUT2D eigenvalue weighted by Crippen LogP contribution is -2.13. The average molecular weight is 262 g/mol. The highest BCUT2D eigenvalue weighted by molar-refractivity contribution is 5.85. The molecule has 1 N–H and O–H groups in total. The highest BCUT2D eigenvalue weighted by atomic mass is 35.5. The van der Waals surface area contributed by atoms with Crippen LogP contribution < -0.4 is 5.32 Å². The Balaban J connectivity index is 0.00000120. The van der Waals surface area contributed by atoms with Crippen molar-refractivity contribution in [2.24, 2.45) is 5.92 Å². The molecule has 0 spiro atoms. The Labute approximate surface area is 113 Å². The summed E-state index contributed by atoms with van der Waals surface area (Å²) < 4.78 is 2.27. The maximum Gasteiger partial charge on any atom is 0.0992 e. The molecule has 18 heavy (non-hydrogen) atoms. The van der Waals surface area contributed by atoms with Crippen molar-refractivity contribution in [3.8, 4) is 6.07 Å². The lowest BCUT2D eigenvalue weighted by Gasteiger charge is -2.11. The molecule has 1 aliphatic heterocycles. The van der Waals surface area contributed by atoms with Crippen LogP contribution in [-0.4, -0.2) is 17.7 Å². The average Bonchev–Trinajstić information content (AvgIpc) is 2.99. The van der Waals surface area contributed by atoms with E-state index in [0.29, 0.717) is 0 Å². The first kappa shape index (κ1) is 12.9. The van der Waals surface area contributed by atoms with Gasteiger partial charge in [-0.25, -0.2) is 0 Å². The van der Waals surface area contributed by atoms with E-state index in [9.17, 15) is 0 Å². The Morgan fingerprint density at radius 2 is 2.28 bits per heavy atom. The predicted molar refractivity (Wildman–Crippen MR) is 74.9 cm³/mol. The summed E-state index contributed by atoms with van der Waals surface area (Å²) in [5, 5.41) is 13.5. The van der Waals surface area contributed by atoms with Gasteiger partial charge in [-0.2, -0.15) is 5.26 Å². The standard InChI is InChI=1S/C14H15N3.ClH/c15-8-11-1-2-13-4-6-17(14(13)7-11)10-12-3-5-16-9-12;/h1-2,4,6-7,12,16H,3,5,9-10H2;1H. The lowest BCUT2D eigenvalue weighted by molar-refractivity contribution is 0.491. The molecule has 94 valence electrons. The van der Waals surface area contributed by atoms with Gasteiger partial charge in [0.25, 0.3) is 0 Å². The van der Waals surface area contributed by atoms with Crippen LogP contribution in [-0.2, 0) is 6.54 Å². The highest BCUT2D eigenvalue weighted by Gasteiger charge is 2.15. The Morgan fingerprint density at radius 3 is 3.00 bits per heavy atom. The molecule has 3 rings (SSSR count). The molecule has 3 nitrogen and oxygen atoms in total. The van der Waals surface area contributed by atoms with E-state index in [1.807, 2.05) is 18.2 Å². The number of hydrogen-bond acceptors (Lipinski definition) is 2. The quantitative estimate of drug-likeness (QED) is 0.903. The van der Waals surface area contributed by atoms with Crippen LogP contribution in [0.25, 0.3) is 10.9 Å². The zero-order valence-corrected chi connectivity index (χ0v) is 10.9. The van der Waals surface area contributed by atoms with Crippen molar-refractivity contribution in [3.63, 3.8) is 0 Å². The number of rotatable bonds is 2. The molecule has 4 heteroatoms. The molecule has 0 aliphatic carbocycles. The fraction of sp³-hybridized carbons (Fsp3) is 0.357. The third-order valence-corrected chi connectivity index (χ3v) is 3.52. The number of benzene rings is 1.